The van der Waals surface area contributed by atoms with Crippen molar-refractivity contribution >= 4 is 10.9 Å². The molecule has 0 radical (unpaired) electrons. The van der Waals surface area contributed by atoms with Gasteiger partial charge in [0, 0.05) is 12.4 Å². The lowest BCUT2D eigenvalue weighted by atomic mass is 10.0. The second kappa shape index (κ2) is 5.61. The van der Waals surface area contributed by atoms with Crippen molar-refractivity contribution in [3.05, 3.63) is 53.5 Å². The molecule has 0 saturated heterocycles. The molecule has 2 heterocycles. The molecule has 1 atom stereocenters. The summed E-state index contributed by atoms with van der Waals surface area (Å²) in [5.41, 5.74) is 4.26. The Hall–Kier alpha value is -2.27. The van der Waals surface area contributed by atoms with E-state index in [9.17, 15) is 0 Å². The molecule has 0 spiro atoms. The zero-order valence-corrected chi connectivity index (χ0v) is 12.5. The summed E-state index contributed by atoms with van der Waals surface area (Å²) in [6.07, 6.45) is 1.79. The fourth-order valence-electron chi connectivity index (χ4n) is 2.65. The monoisotopic (exact) mass is 281 g/mol. The van der Waals surface area contributed by atoms with E-state index in [1.165, 1.54) is 10.9 Å². The van der Waals surface area contributed by atoms with Crippen LogP contribution in [0.2, 0.25) is 0 Å². The summed E-state index contributed by atoms with van der Waals surface area (Å²) in [6, 6.07) is 10.4. The summed E-state index contributed by atoms with van der Waals surface area (Å²) >= 11 is 0. The summed E-state index contributed by atoms with van der Waals surface area (Å²) in [4.78, 5) is 4.82. The number of benzene rings is 1. The predicted molar refractivity (Wildman–Crippen MR) is 83.0 cm³/mol. The van der Waals surface area contributed by atoms with Gasteiger partial charge < -0.3 is 5.32 Å². The van der Waals surface area contributed by atoms with Crippen LogP contribution in [0.1, 0.15) is 29.9 Å². The van der Waals surface area contributed by atoms with Gasteiger partial charge in [-0.05, 0) is 31.2 Å². The molecule has 2 aromatic heterocycles. The van der Waals surface area contributed by atoms with Gasteiger partial charge in [0.05, 0.1) is 29.1 Å². The second-order valence-electron chi connectivity index (χ2n) is 5.15. The van der Waals surface area contributed by atoms with Gasteiger partial charge in [-0.25, -0.2) is 0 Å². The van der Waals surface area contributed by atoms with Crippen LogP contribution >= 0.6 is 0 Å². The first-order valence-electron chi connectivity index (χ1n) is 7.15. The maximum absolute atomic E-state index is 4.82. The second-order valence-corrected chi connectivity index (χ2v) is 5.15. The van der Waals surface area contributed by atoms with E-state index >= 15 is 0 Å². The predicted octanol–water partition coefficient (Wildman–Crippen LogP) is 2.37. The van der Waals surface area contributed by atoms with Gasteiger partial charge in [-0.1, -0.05) is 30.3 Å². The Morgan fingerprint density at radius 3 is 2.81 bits per heavy atom. The van der Waals surface area contributed by atoms with Crippen molar-refractivity contribution in [3.63, 3.8) is 0 Å². The average Bonchev–Trinajstić information content (AvgIpc) is 2.91. The molecule has 5 nitrogen and oxygen atoms in total. The van der Waals surface area contributed by atoms with E-state index in [-0.39, 0.29) is 6.04 Å². The Bertz CT molecular complexity index is 762. The summed E-state index contributed by atoms with van der Waals surface area (Å²) in [6.45, 7) is 5.06. The van der Waals surface area contributed by atoms with Crippen LogP contribution in [0, 0.1) is 6.92 Å². The van der Waals surface area contributed by atoms with Gasteiger partial charge in [0.15, 0.2) is 0 Å². The minimum Gasteiger partial charge on any atom is -0.304 e. The van der Waals surface area contributed by atoms with Crippen LogP contribution in [-0.4, -0.2) is 26.5 Å². The fraction of sp³-hybridized carbons (Fsp3) is 0.312. The van der Waals surface area contributed by atoms with Crippen molar-refractivity contribution in [3.8, 4) is 0 Å². The van der Waals surface area contributed by atoms with E-state index < -0.39 is 0 Å². The number of nitrogens with zero attached hydrogens (tertiary/aromatic N) is 4. The van der Waals surface area contributed by atoms with E-state index in [0.29, 0.717) is 0 Å². The average molecular weight is 281 g/mol. The Morgan fingerprint density at radius 1 is 1.29 bits per heavy atom. The Balaban J connectivity index is 2.14. The van der Waals surface area contributed by atoms with Crippen LogP contribution in [0.5, 0.6) is 0 Å². The lowest BCUT2D eigenvalue weighted by molar-refractivity contribution is 0.559. The van der Waals surface area contributed by atoms with Crippen molar-refractivity contribution in [1.82, 2.24) is 25.3 Å². The number of hydrogen-bond acceptors (Lipinski definition) is 4. The van der Waals surface area contributed by atoms with Crippen LogP contribution in [0.15, 0.2) is 36.5 Å². The molecule has 108 valence electrons. The van der Waals surface area contributed by atoms with Gasteiger partial charge in [0.25, 0.3) is 0 Å². The third-order valence-electron chi connectivity index (χ3n) is 3.69. The van der Waals surface area contributed by atoms with Crippen molar-refractivity contribution in [2.45, 2.75) is 19.9 Å². The number of fused-ring (bicyclic) bond motifs is 1. The third-order valence-corrected chi connectivity index (χ3v) is 3.69. The molecule has 0 saturated carbocycles. The molecule has 5 heteroatoms. The first kappa shape index (κ1) is 13.7. The first-order chi connectivity index (χ1) is 10.2. The molecule has 3 aromatic rings. The van der Waals surface area contributed by atoms with E-state index in [4.69, 9.17) is 4.98 Å². The van der Waals surface area contributed by atoms with Crippen LogP contribution in [0.25, 0.3) is 10.9 Å². The van der Waals surface area contributed by atoms with E-state index in [0.717, 1.165) is 23.4 Å². The van der Waals surface area contributed by atoms with Crippen molar-refractivity contribution < 1.29 is 0 Å². The molecular weight excluding hydrogens is 262 g/mol. The minimum atomic E-state index is -0.00157. The Kier molecular flexibility index (Phi) is 3.66. The molecule has 0 aliphatic carbocycles. The summed E-state index contributed by atoms with van der Waals surface area (Å²) in [7, 11) is 1.90. The van der Waals surface area contributed by atoms with Crippen LogP contribution in [0.4, 0.5) is 0 Å². The molecule has 0 aliphatic rings. The Labute approximate surface area is 124 Å². The van der Waals surface area contributed by atoms with Crippen molar-refractivity contribution in [1.29, 1.82) is 0 Å². The maximum atomic E-state index is 4.82. The van der Waals surface area contributed by atoms with Crippen LogP contribution in [0.3, 0.4) is 0 Å². The number of rotatable bonds is 4. The molecule has 0 amide bonds. The zero-order chi connectivity index (χ0) is 14.8. The van der Waals surface area contributed by atoms with Crippen molar-refractivity contribution in [2.75, 3.05) is 6.54 Å². The largest absolute Gasteiger partial charge is 0.304 e. The number of aromatic nitrogens is 4. The molecular formula is C16H19N5. The lowest BCUT2D eigenvalue weighted by Crippen LogP contribution is -2.25. The lowest BCUT2D eigenvalue weighted by Gasteiger charge is -2.18. The van der Waals surface area contributed by atoms with Gasteiger partial charge in [-0.15, -0.1) is 5.10 Å². The highest BCUT2D eigenvalue weighted by Gasteiger charge is 2.19. The topological polar surface area (TPSA) is 55.6 Å². The highest BCUT2D eigenvalue weighted by atomic mass is 15.4. The zero-order valence-electron chi connectivity index (χ0n) is 12.5. The Morgan fingerprint density at radius 2 is 2.10 bits per heavy atom. The summed E-state index contributed by atoms with van der Waals surface area (Å²) in [5, 5.41) is 12.7. The SMILES string of the molecule is CCNC(c1cc(C)c2ccccc2n1)c1cnnn1C. The molecule has 3 rings (SSSR count). The standard InChI is InChI=1S/C16H19N5/c1-4-17-16(15-10-18-20-21(15)3)14-9-11(2)12-7-5-6-8-13(12)19-14/h5-10,16-17H,4H2,1-3H3. The highest BCUT2D eigenvalue weighted by Crippen LogP contribution is 2.24. The smallest absolute Gasteiger partial charge is 0.0938 e. The number of hydrogen-bond donors (Lipinski definition) is 1. The fourth-order valence-corrected chi connectivity index (χ4v) is 2.65. The van der Waals surface area contributed by atoms with Gasteiger partial charge in [0.1, 0.15) is 0 Å². The van der Waals surface area contributed by atoms with E-state index in [2.05, 4.69) is 47.7 Å². The minimum absolute atomic E-state index is 0.00157. The number of para-hydroxylation sites is 1. The van der Waals surface area contributed by atoms with E-state index in [1.807, 2.05) is 19.2 Å². The first-order valence-corrected chi connectivity index (χ1v) is 7.15. The molecule has 0 fully saturated rings. The molecule has 1 unspecified atom stereocenters. The normalized spacial score (nSPS) is 12.7. The van der Waals surface area contributed by atoms with E-state index in [1.54, 1.807) is 10.9 Å². The van der Waals surface area contributed by atoms with Crippen LogP contribution in [-0.2, 0) is 7.05 Å². The maximum Gasteiger partial charge on any atom is 0.0938 e. The van der Waals surface area contributed by atoms with Gasteiger partial charge >= 0.3 is 0 Å². The van der Waals surface area contributed by atoms with Gasteiger partial charge in [-0.2, -0.15) is 0 Å². The number of pyridine rings is 1. The van der Waals surface area contributed by atoms with Crippen LogP contribution < -0.4 is 5.32 Å². The number of aryl methyl sites for hydroxylation is 2. The van der Waals surface area contributed by atoms with Crippen molar-refractivity contribution in [2.24, 2.45) is 7.05 Å². The molecule has 1 aromatic carbocycles. The van der Waals surface area contributed by atoms with Gasteiger partial charge in [0.2, 0.25) is 0 Å². The summed E-state index contributed by atoms with van der Waals surface area (Å²) < 4.78 is 1.79. The molecule has 21 heavy (non-hydrogen) atoms. The van der Waals surface area contributed by atoms with Gasteiger partial charge in [-0.3, -0.25) is 9.67 Å². The molecule has 0 bridgehead atoms. The summed E-state index contributed by atoms with van der Waals surface area (Å²) in [5.74, 6) is 0. The highest BCUT2D eigenvalue weighted by molar-refractivity contribution is 5.82. The quantitative estimate of drug-likeness (QED) is 0.797. The molecule has 1 N–H and O–H groups in total. The number of nitrogens with one attached hydrogen (secondary N) is 1. The molecule has 0 aliphatic heterocycles. The third kappa shape index (κ3) is 2.52.